The first-order chi connectivity index (χ1) is 14.4. The van der Waals surface area contributed by atoms with Crippen LogP contribution in [-0.2, 0) is 11.4 Å². The summed E-state index contributed by atoms with van der Waals surface area (Å²) >= 11 is 0. The van der Waals surface area contributed by atoms with Crippen LogP contribution in [0, 0.1) is 31.0 Å². The predicted octanol–water partition coefficient (Wildman–Crippen LogP) is 5.57. The maximum atomic E-state index is 13.2. The van der Waals surface area contributed by atoms with Crippen LogP contribution in [0.2, 0.25) is 0 Å². The first kappa shape index (κ1) is 20.8. The average Bonchev–Trinajstić information content (AvgIpc) is 2.74. The summed E-state index contributed by atoms with van der Waals surface area (Å²) in [4.78, 5) is 12.4. The number of hydrogen-bond donors (Lipinski definition) is 1. The highest BCUT2D eigenvalue weighted by molar-refractivity contribution is 6.09. The van der Waals surface area contributed by atoms with Crippen molar-refractivity contribution in [2.75, 3.05) is 5.32 Å². The normalized spacial score (nSPS) is 10.9. The number of halogens is 1. The third kappa shape index (κ3) is 5.55. The van der Waals surface area contributed by atoms with E-state index in [1.54, 1.807) is 42.5 Å². The highest BCUT2D eigenvalue weighted by Crippen LogP contribution is 2.18. The van der Waals surface area contributed by atoms with Gasteiger partial charge in [0.15, 0.2) is 0 Å². The molecule has 0 aliphatic rings. The van der Waals surface area contributed by atoms with E-state index in [2.05, 4.69) is 5.32 Å². The molecule has 3 aromatic rings. The van der Waals surface area contributed by atoms with Gasteiger partial charge in [-0.05, 0) is 78.6 Å². The Morgan fingerprint density at radius 2 is 1.83 bits per heavy atom. The second-order valence-corrected chi connectivity index (χ2v) is 6.91. The molecule has 1 amide bonds. The third-order valence-electron chi connectivity index (χ3n) is 4.62. The summed E-state index contributed by atoms with van der Waals surface area (Å²) in [6.45, 7) is 4.20. The molecule has 0 aromatic heterocycles. The second kappa shape index (κ2) is 9.53. The third-order valence-corrected chi connectivity index (χ3v) is 4.62. The van der Waals surface area contributed by atoms with Gasteiger partial charge in [0.2, 0.25) is 0 Å². The molecule has 150 valence electrons. The van der Waals surface area contributed by atoms with Crippen molar-refractivity contribution in [1.29, 1.82) is 5.26 Å². The van der Waals surface area contributed by atoms with Crippen molar-refractivity contribution in [2.24, 2.45) is 0 Å². The first-order valence-corrected chi connectivity index (χ1v) is 9.42. The Hall–Kier alpha value is -3.91. The van der Waals surface area contributed by atoms with Gasteiger partial charge in [-0.15, -0.1) is 0 Å². The van der Waals surface area contributed by atoms with Crippen molar-refractivity contribution in [3.63, 3.8) is 0 Å². The van der Waals surface area contributed by atoms with Gasteiger partial charge < -0.3 is 10.1 Å². The minimum Gasteiger partial charge on any atom is -0.489 e. The van der Waals surface area contributed by atoms with Gasteiger partial charge in [0.1, 0.15) is 29.8 Å². The van der Waals surface area contributed by atoms with Crippen LogP contribution < -0.4 is 10.1 Å². The predicted molar refractivity (Wildman–Crippen MR) is 115 cm³/mol. The van der Waals surface area contributed by atoms with E-state index in [0.717, 1.165) is 16.7 Å². The molecule has 3 aromatic carbocycles. The lowest BCUT2D eigenvalue weighted by Crippen LogP contribution is -2.13. The molecular formula is C25H21FN2O2. The van der Waals surface area contributed by atoms with E-state index in [1.165, 1.54) is 18.2 Å². The van der Waals surface area contributed by atoms with Crippen LogP contribution in [0.15, 0.2) is 72.3 Å². The Labute approximate surface area is 175 Å². The van der Waals surface area contributed by atoms with Gasteiger partial charge in [-0.1, -0.05) is 30.3 Å². The molecular weight excluding hydrogens is 379 g/mol. The molecule has 0 aliphatic carbocycles. The van der Waals surface area contributed by atoms with E-state index in [4.69, 9.17) is 4.74 Å². The van der Waals surface area contributed by atoms with Crippen molar-refractivity contribution in [3.05, 3.63) is 100 Å². The Morgan fingerprint density at radius 3 is 2.50 bits per heavy atom. The van der Waals surface area contributed by atoms with Crippen molar-refractivity contribution >= 4 is 17.7 Å². The molecule has 1 N–H and O–H groups in total. The average molecular weight is 400 g/mol. The zero-order valence-electron chi connectivity index (χ0n) is 16.8. The number of hydrogen-bond acceptors (Lipinski definition) is 3. The number of ether oxygens (including phenoxy) is 1. The fourth-order valence-electron chi connectivity index (χ4n) is 2.79. The Balaban J connectivity index is 1.65. The molecule has 0 radical (unpaired) electrons. The molecule has 0 fully saturated rings. The fourth-order valence-corrected chi connectivity index (χ4v) is 2.79. The summed E-state index contributed by atoms with van der Waals surface area (Å²) in [5.41, 5.74) is 4.26. The largest absolute Gasteiger partial charge is 0.489 e. The first-order valence-electron chi connectivity index (χ1n) is 9.42. The summed E-state index contributed by atoms with van der Waals surface area (Å²) in [7, 11) is 0. The van der Waals surface area contributed by atoms with Crippen LogP contribution >= 0.6 is 0 Å². The lowest BCUT2D eigenvalue weighted by atomic mass is 10.1. The lowest BCUT2D eigenvalue weighted by molar-refractivity contribution is -0.112. The lowest BCUT2D eigenvalue weighted by Gasteiger charge is -2.08. The Bertz CT molecular complexity index is 1130. The van der Waals surface area contributed by atoms with Crippen molar-refractivity contribution < 1.29 is 13.9 Å². The zero-order chi connectivity index (χ0) is 21.5. The number of nitriles is 1. The van der Waals surface area contributed by atoms with E-state index in [0.29, 0.717) is 17.0 Å². The number of rotatable bonds is 6. The number of nitrogens with one attached hydrogen (secondary N) is 1. The summed E-state index contributed by atoms with van der Waals surface area (Å²) in [5, 5.41) is 12.1. The molecule has 30 heavy (non-hydrogen) atoms. The van der Waals surface area contributed by atoms with Gasteiger partial charge >= 0.3 is 0 Å². The van der Waals surface area contributed by atoms with Crippen LogP contribution in [0.25, 0.3) is 6.08 Å². The van der Waals surface area contributed by atoms with Gasteiger partial charge in [-0.3, -0.25) is 4.79 Å². The number of amides is 1. The zero-order valence-corrected chi connectivity index (χ0v) is 16.8. The molecule has 0 saturated heterocycles. The topological polar surface area (TPSA) is 62.1 Å². The SMILES string of the molecule is Cc1ccc(NC(=O)/C(C#N)=C/c2ccc(OCc3cccc(F)c3)cc2)cc1C. The quantitative estimate of drug-likeness (QED) is 0.435. The molecule has 0 heterocycles. The summed E-state index contributed by atoms with van der Waals surface area (Å²) in [6.07, 6.45) is 1.52. The van der Waals surface area contributed by atoms with Gasteiger partial charge in [-0.25, -0.2) is 4.39 Å². The van der Waals surface area contributed by atoms with Crippen LogP contribution in [-0.4, -0.2) is 5.91 Å². The number of anilines is 1. The van der Waals surface area contributed by atoms with Crippen molar-refractivity contribution in [3.8, 4) is 11.8 Å². The highest BCUT2D eigenvalue weighted by atomic mass is 19.1. The molecule has 0 unspecified atom stereocenters. The molecule has 0 bridgehead atoms. The minimum atomic E-state index is -0.466. The highest BCUT2D eigenvalue weighted by Gasteiger charge is 2.10. The van der Waals surface area contributed by atoms with Crippen molar-refractivity contribution in [1.82, 2.24) is 0 Å². The summed E-state index contributed by atoms with van der Waals surface area (Å²) in [5.74, 6) is -0.165. The monoisotopic (exact) mass is 400 g/mol. The van der Waals surface area contributed by atoms with E-state index in [-0.39, 0.29) is 18.0 Å². The van der Waals surface area contributed by atoms with Gasteiger partial charge in [0, 0.05) is 5.69 Å². The fraction of sp³-hybridized carbons (Fsp3) is 0.120. The maximum Gasteiger partial charge on any atom is 0.266 e. The van der Waals surface area contributed by atoms with Crippen LogP contribution in [0.1, 0.15) is 22.3 Å². The standard InChI is InChI=1S/C25H21FN2O2/c1-17-6-9-23(12-18(17)2)28-25(29)21(15-27)13-19-7-10-24(11-8-19)30-16-20-4-3-5-22(26)14-20/h3-14H,16H2,1-2H3,(H,28,29)/b21-13+. The van der Waals surface area contributed by atoms with Crippen LogP contribution in [0.5, 0.6) is 5.75 Å². The smallest absolute Gasteiger partial charge is 0.266 e. The number of nitrogens with zero attached hydrogens (tertiary/aromatic N) is 1. The minimum absolute atomic E-state index is 0.00153. The molecule has 5 heteroatoms. The van der Waals surface area contributed by atoms with Crippen molar-refractivity contribution in [2.45, 2.75) is 20.5 Å². The van der Waals surface area contributed by atoms with E-state index >= 15 is 0 Å². The molecule has 3 rings (SSSR count). The second-order valence-electron chi connectivity index (χ2n) is 6.91. The van der Waals surface area contributed by atoms with Gasteiger partial charge in [-0.2, -0.15) is 5.26 Å². The number of benzene rings is 3. The van der Waals surface area contributed by atoms with Gasteiger partial charge in [0.25, 0.3) is 5.91 Å². The van der Waals surface area contributed by atoms with Gasteiger partial charge in [0.05, 0.1) is 0 Å². The molecule has 0 atom stereocenters. The number of carbonyl (C=O) groups is 1. The Kier molecular flexibility index (Phi) is 6.61. The Morgan fingerprint density at radius 1 is 1.07 bits per heavy atom. The number of carbonyl (C=O) groups excluding carboxylic acids is 1. The molecule has 0 spiro atoms. The molecule has 0 aliphatic heterocycles. The van der Waals surface area contributed by atoms with E-state index in [1.807, 2.05) is 32.0 Å². The number of aryl methyl sites for hydroxylation is 2. The van der Waals surface area contributed by atoms with E-state index < -0.39 is 5.91 Å². The van der Waals surface area contributed by atoms with E-state index in [9.17, 15) is 14.4 Å². The molecule has 0 saturated carbocycles. The maximum absolute atomic E-state index is 13.2. The summed E-state index contributed by atoms with van der Waals surface area (Å²) < 4.78 is 18.9. The summed E-state index contributed by atoms with van der Waals surface area (Å²) in [6, 6.07) is 20.7. The van der Waals surface area contributed by atoms with Crippen LogP contribution in [0.4, 0.5) is 10.1 Å². The molecule has 4 nitrogen and oxygen atoms in total. The van der Waals surface area contributed by atoms with Crippen LogP contribution in [0.3, 0.4) is 0 Å².